The Kier molecular flexibility index (Phi) is 3.94. The van der Waals surface area contributed by atoms with E-state index in [0.29, 0.717) is 0 Å². The lowest BCUT2D eigenvalue weighted by atomic mass is 10.3. The molecule has 0 aliphatic carbocycles. The molecule has 0 aliphatic rings. The molecule has 5 rings (SSSR count). The molecule has 0 spiro atoms. The van der Waals surface area contributed by atoms with Crippen molar-refractivity contribution >= 4 is 103 Å². The highest BCUT2D eigenvalue weighted by atomic mass is 79.9. The molecule has 0 saturated heterocycles. The van der Waals surface area contributed by atoms with Crippen molar-refractivity contribution in [3.63, 3.8) is 0 Å². The van der Waals surface area contributed by atoms with Crippen LogP contribution >= 0.6 is 61.7 Å². The monoisotopic (exact) mass is 464 g/mol. The van der Waals surface area contributed by atoms with E-state index in [0.717, 1.165) is 40.3 Å². The highest BCUT2D eigenvalue weighted by molar-refractivity contribution is 9.10. The van der Waals surface area contributed by atoms with Gasteiger partial charge in [-0.3, -0.25) is 0 Å². The van der Waals surface area contributed by atoms with E-state index in [1.54, 1.807) is 45.8 Å². The third kappa shape index (κ3) is 2.83. The number of anilines is 2. The lowest BCUT2D eigenvalue weighted by Gasteiger charge is -1.93. The highest BCUT2D eigenvalue weighted by Gasteiger charge is 2.13. The Morgan fingerprint density at radius 1 is 0.880 bits per heavy atom. The summed E-state index contributed by atoms with van der Waals surface area (Å²) in [4.78, 5) is 14.0. The molecule has 2 aromatic carbocycles. The number of nitrogens with one attached hydrogen (secondary N) is 1. The summed E-state index contributed by atoms with van der Waals surface area (Å²) in [6.07, 6.45) is 2.06. The molecule has 0 radical (unpaired) electrons. The topological polar surface area (TPSA) is 50.7 Å². The Balaban J connectivity index is 1.57. The molecule has 4 nitrogen and oxygen atoms in total. The Bertz CT molecular complexity index is 1240. The fourth-order valence-corrected chi connectivity index (χ4v) is 6.68. The SMILES string of the molecule is CSc1nc2ccc3nc(Nc4nc5ccc(Br)cc5s4)sc3c2s1. The Labute approximate surface area is 167 Å². The van der Waals surface area contributed by atoms with Gasteiger partial charge < -0.3 is 5.32 Å². The molecule has 0 saturated carbocycles. The first kappa shape index (κ1) is 16.0. The summed E-state index contributed by atoms with van der Waals surface area (Å²) in [6.45, 7) is 0. The summed E-state index contributed by atoms with van der Waals surface area (Å²) in [5, 5.41) is 5.09. The number of nitrogens with zero attached hydrogens (tertiary/aromatic N) is 3. The number of thiazole rings is 3. The minimum Gasteiger partial charge on any atom is -0.307 e. The standard InChI is InChI=1S/C16H9BrN4S4/c1-22-16-20-10-5-4-9-12(13(10)25-16)24-15(19-9)21-14-18-8-3-2-7(17)6-11(8)23-14/h2-6H,1H3,(H,18,19,21). The summed E-state index contributed by atoms with van der Waals surface area (Å²) in [5.74, 6) is 0. The van der Waals surface area contributed by atoms with Gasteiger partial charge in [-0.25, -0.2) is 15.0 Å². The second kappa shape index (κ2) is 6.17. The molecule has 9 heteroatoms. The molecule has 25 heavy (non-hydrogen) atoms. The van der Waals surface area contributed by atoms with Gasteiger partial charge in [0.25, 0.3) is 0 Å². The minimum atomic E-state index is 0.859. The van der Waals surface area contributed by atoms with Crippen LogP contribution in [-0.2, 0) is 0 Å². The van der Waals surface area contributed by atoms with Gasteiger partial charge >= 0.3 is 0 Å². The van der Waals surface area contributed by atoms with Crippen molar-refractivity contribution in [3.05, 3.63) is 34.8 Å². The fourth-order valence-electron chi connectivity index (χ4n) is 2.54. The predicted molar refractivity (Wildman–Crippen MR) is 115 cm³/mol. The molecule has 0 unspecified atom stereocenters. The Morgan fingerprint density at radius 2 is 1.56 bits per heavy atom. The van der Waals surface area contributed by atoms with E-state index >= 15 is 0 Å². The first-order valence-corrected chi connectivity index (χ1v) is 11.7. The van der Waals surface area contributed by atoms with Gasteiger partial charge in [0.2, 0.25) is 0 Å². The lowest BCUT2D eigenvalue weighted by Crippen LogP contribution is -1.86. The van der Waals surface area contributed by atoms with E-state index in [1.807, 2.05) is 24.3 Å². The molecule has 0 atom stereocenters. The van der Waals surface area contributed by atoms with Crippen molar-refractivity contribution in [1.29, 1.82) is 0 Å². The summed E-state index contributed by atoms with van der Waals surface area (Å²) >= 11 is 10.2. The van der Waals surface area contributed by atoms with Crippen LogP contribution in [0.3, 0.4) is 0 Å². The fraction of sp³-hybridized carbons (Fsp3) is 0.0625. The lowest BCUT2D eigenvalue weighted by molar-refractivity contribution is 1.31. The van der Waals surface area contributed by atoms with Crippen molar-refractivity contribution < 1.29 is 0 Å². The zero-order valence-electron chi connectivity index (χ0n) is 12.7. The molecular weight excluding hydrogens is 456 g/mol. The van der Waals surface area contributed by atoms with Crippen molar-refractivity contribution in [2.75, 3.05) is 11.6 Å². The Morgan fingerprint density at radius 3 is 2.40 bits per heavy atom. The first-order chi connectivity index (χ1) is 12.2. The summed E-state index contributed by atoms with van der Waals surface area (Å²) in [7, 11) is 0. The van der Waals surface area contributed by atoms with E-state index in [4.69, 9.17) is 4.98 Å². The zero-order valence-corrected chi connectivity index (χ0v) is 17.6. The average molecular weight is 465 g/mol. The van der Waals surface area contributed by atoms with Crippen LogP contribution in [0.15, 0.2) is 39.1 Å². The first-order valence-electron chi connectivity index (χ1n) is 7.27. The van der Waals surface area contributed by atoms with Gasteiger partial charge in [0.1, 0.15) is 0 Å². The van der Waals surface area contributed by atoms with Crippen LogP contribution in [0.4, 0.5) is 10.3 Å². The molecular formula is C16H9BrN4S4. The van der Waals surface area contributed by atoms with Crippen LogP contribution in [0.2, 0.25) is 0 Å². The van der Waals surface area contributed by atoms with Gasteiger partial charge in [-0.1, -0.05) is 50.4 Å². The molecule has 124 valence electrons. The van der Waals surface area contributed by atoms with Crippen LogP contribution < -0.4 is 5.32 Å². The molecule has 3 heterocycles. The Hall–Kier alpha value is -1.26. The third-order valence-corrected chi connectivity index (χ3v) is 8.27. The van der Waals surface area contributed by atoms with Crippen LogP contribution in [0.5, 0.6) is 0 Å². The van der Waals surface area contributed by atoms with Gasteiger partial charge in [-0.2, -0.15) is 0 Å². The van der Waals surface area contributed by atoms with Crippen molar-refractivity contribution in [3.8, 4) is 0 Å². The number of thioether (sulfide) groups is 1. The van der Waals surface area contributed by atoms with E-state index in [1.165, 1.54) is 9.40 Å². The molecule has 5 aromatic rings. The van der Waals surface area contributed by atoms with E-state index in [9.17, 15) is 0 Å². The van der Waals surface area contributed by atoms with Crippen LogP contribution in [-0.4, -0.2) is 21.2 Å². The normalized spacial score (nSPS) is 11.8. The number of rotatable bonds is 3. The smallest absolute Gasteiger partial charge is 0.190 e. The summed E-state index contributed by atoms with van der Waals surface area (Å²) < 4.78 is 5.68. The van der Waals surface area contributed by atoms with Crippen LogP contribution in [0, 0.1) is 0 Å². The van der Waals surface area contributed by atoms with Crippen molar-refractivity contribution in [2.24, 2.45) is 0 Å². The molecule has 0 aliphatic heterocycles. The number of fused-ring (bicyclic) bond motifs is 4. The van der Waals surface area contributed by atoms with E-state index in [-0.39, 0.29) is 0 Å². The number of hydrogen-bond acceptors (Lipinski definition) is 8. The number of halogens is 1. The van der Waals surface area contributed by atoms with Crippen molar-refractivity contribution in [2.45, 2.75) is 4.34 Å². The quantitative estimate of drug-likeness (QED) is 0.299. The number of hydrogen-bond donors (Lipinski definition) is 1. The second-order valence-electron chi connectivity index (χ2n) is 5.22. The summed E-state index contributed by atoms with van der Waals surface area (Å²) in [5.41, 5.74) is 3.04. The summed E-state index contributed by atoms with van der Waals surface area (Å²) in [6, 6.07) is 10.2. The minimum absolute atomic E-state index is 0.859. The van der Waals surface area contributed by atoms with E-state index in [2.05, 4.69) is 43.5 Å². The van der Waals surface area contributed by atoms with Gasteiger partial charge in [-0.15, -0.1) is 11.3 Å². The van der Waals surface area contributed by atoms with Gasteiger partial charge in [0, 0.05) is 4.47 Å². The predicted octanol–water partition coefficient (Wildman–Crippen LogP) is 6.74. The maximum absolute atomic E-state index is 4.72. The molecule has 0 bridgehead atoms. The van der Waals surface area contributed by atoms with Crippen LogP contribution in [0.1, 0.15) is 0 Å². The van der Waals surface area contributed by atoms with Gasteiger partial charge in [0.05, 0.1) is 30.6 Å². The van der Waals surface area contributed by atoms with E-state index < -0.39 is 0 Å². The molecule has 0 amide bonds. The average Bonchev–Trinajstić information content (AvgIpc) is 3.28. The zero-order chi connectivity index (χ0) is 17.0. The second-order valence-corrected chi connectivity index (χ2v) is 10.2. The van der Waals surface area contributed by atoms with Gasteiger partial charge in [-0.05, 0) is 36.6 Å². The van der Waals surface area contributed by atoms with Crippen molar-refractivity contribution in [1.82, 2.24) is 15.0 Å². The largest absolute Gasteiger partial charge is 0.307 e. The maximum atomic E-state index is 4.72. The number of aromatic nitrogens is 3. The van der Waals surface area contributed by atoms with Gasteiger partial charge in [0.15, 0.2) is 14.6 Å². The molecule has 3 aromatic heterocycles. The van der Waals surface area contributed by atoms with Crippen LogP contribution in [0.25, 0.3) is 30.6 Å². The highest BCUT2D eigenvalue weighted by Crippen LogP contribution is 2.39. The maximum Gasteiger partial charge on any atom is 0.190 e. The molecule has 0 fully saturated rings. The third-order valence-electron chi connectivity index (χ3n) is 3.63. The molecule has 1 N–H and O–H groups in total. The number of benzene rings is 2.